The van der Waals surface area contributed by atoms with Crippen molar-refractivity contribution in [2.45, 2.75) is 13.0 Å². The van der Waals surface area contributed by atoms with Gasteiger partial charge in [0.25, 0.3) is 0 Å². The van der Waals surface area contributed by atoms with Crippen LogP contribution in [-0.2, 0) is 6.54 Å². The third kappa shape index (κ3) is 2.73. The molecule has 0 fully saturated rings. The molecule has 17 heavy (non-hydrogen) atoms. The molecule has 0 radical (unpaired) electrons. The molecule has 0 saturated carbocycles. The van der Waals surface area contributed by atoms with Crippen LogP contribution < -0.4 is 11.1 Å². The third-order valence-electron chi connectivity index (χ3n) is 2.24. The standard InChI is InChI=1S/C10H12N6S/c11-7-8-9(12)15-17-10(8)13-3-1-5-16-6-2-4-14-16/h2,4,6,13H,1,3,5H2,(H2,12,15). The van der Waals surface area contributed by atoms with Gasteiger partial charge in [-0.05, 0) is 24.0 Å². The number of nitrogens with two attached hydrogens (primary N) is 1. The topological polar surface area (TPSA) is 92.5 Å². The van der Waals surface area contributed by atoms with E-state index < -0.39 is 0 Å². The van der Waals surface area contributed by atoms with E-state index in [9.17, 15) is 0 Å². The minimum absolute atomic E-state index is 0.298. The van der Waals surface area contributed by atoms with Gasteiger partial charge in [-0.2, -0.15) is 14.7 Å². The summed E-state index contributed by atoms with van der Waals surface area (Å²) in [6, 6.07) is 3.94. The van der Waals surface area contributed by atoms with E-state index in [4.69, 9.17) is 11.0 Å². The first-order valence-corrected chi connectivity index (χ1v) is 5.95. The molecule has 0 saturated heterocycles. The van der Waals surface area contributed by atoms with Crippen LogP contribution in [0.1, 0.15) is 12.0 Å². The van der Waals surface area contributed by atoms with Crippen molar-refractivity contribution in [3.8, 4) is 6.07 Å². The predicted molar refractivity (Wildman–Crippen MR) is 66.6 cm³/mol. The van der Waals surface area contributed by atoms with Crippen LogP contribution in [0.4, 0.5) is 10.8 Å². The minimum atomic E-state index is 0.298. The molecule has 0 aromatic carbocycles. The summed E-state index contributed by atoms with van der Waals surface area (Å²) >= 11 is 1.22. The van der Waals surface area contributed by atoms with Crippen molar-refractivity contribution in [2.24, 2.45) is 0 Å². The van der Waals surface area contributed by atoms with Crippen LogP contribution in [0, 0.1) is 11.3 Å². The highest BCUT2D eigenvalue weighted by atomic mass is 32.1. The molecule has 2 rings (SSSR count). The highest BCUT2D eigenvalue weighted by Gasteiger charge is 2.09. The molecule has 0 amide bonds. The number of anilines is 2. The predicted octanol–water partition coefficient (Wildman–Crippen LogP) is 1.30. The summed E-state index contributed by atoms with van der Waals surface area (Å²) in [5, 5.41) is 16.9. The van der Waals surface area contributed by atoms with Gasteiger partial charge in [-0.25, -0.2) is 0 Å². The third-order valence-corrected chi connectivity index (χ3v) is 3.06. The van der Waals surface area contributed by atoms with Crippen molar-refractivity contribution in [3.63, 3.8) is 0 Å². The summed E-state index contributed by atoms with van der Waals surface area (Å²) < 4.78 is 5.80. The average Bonchev–Trinajstić information content (AvgIpc) is 2.94. The number of aromatic nitrogens is 3. The normalized spacial score (nSPS) is 10.1. The van der Waals surface area contributed by atoms with Gasteiger partial charge in [0.15, 0.2) is 5.82 Å². The highest BCUT2D eigenvalue weighted by molar-refractivity contribution is 7.10. The Balaban J connectivity index is 1.80. The fourth-order valence-electron chi connectivity index (χ4n) is 1.41. The van der Waals surface area contributed by atoms with E-state index in [1.165, 1.54) is 11.5 Å². The second-order valence-electron chi connectivity index (χ2n) is 3.43. The van der Waals surface area contributed by atoms with Crippen molar-refractivity contribution in [2.75, 3.05) is 17.6 Å². The lowest BCUT2D eigenvalue weighted by Crippen LogP contribution is -2.07. The van der Waals surface area contributed by atoms with Gasteiger partial charge in [0.2, 0.25) is 0 Å². The molecule has 0 atom stereocenters. The van der Waals surface area contributed by atoms with Gasteiger partial charge < -0.3 is 11.1 Å². The number of hydrogen-bond donors (Lipinski definition) is 2. The number of nitriles is 1. The summed E-state index contributed by atoms with van der Waals surface area (Å²) in [4.78, 5) is 0. The van der Waals surface area contributed by atoms with Crippen molar-refractivity contribution in [3.05, 3.63) is 24.0 Å². The minimum Gasteiger partial charge on any atom is -0.382 e. The van der Waals surface area contributed by atoms with Crippen LogP contribution in [-0.4, -0.2) is 20.7 Å². The highest BCUT2D eigenvalue weighted by Crippen LogP contribution is 2.25. The summed E-state index contributed by atoms with van der Waals surface area (Å²) in [7, 11) is 0. The molecule has 7 heteroatoms. The van der Waals surface area contributed by atoms with Crippen LogP contribution in [0.3, 0.4) is 0 Å². The molecule has 6 nitrogen and oxygen atoms in total. The molecule has 2 aromatic rings. The number of rotatable bonds is 5. The molecule has 0 unspecified atom stereocenters. The van der Waals surface area contributed by atoms with Crippen LogP contribution in [0.25, 0.3) is 0 Å². The zero-order valence-electron chi connectivity index (χ0n) is 9.13. The largest absolute Gasteiger partial charge is 0.382 e. The maximum absolute atomic E-state index is 8.88. The first kappa shape index (κ1) is 11.4. The van der Waals surface area contributed by atoms with E-state index >= 15 is 0 Å². The van der Waals surface area contributed by atoms with Gasteiger partial charge >= 0.3 is 0 Å². The zero-order chi connectivity index (χ0) is 12.1. The van der Waals surface area contributed by atoms with E-state index in [0.717, 1.165) is 24.5 Å². The molecule has 0 aliphatic heterocycles. The van der Waals surface area contributed by atoms with Crippen molar-refractivity contribution in [1.29, 1.82) is 5.26 Å². The van der Waals surface area contributed by atoms with Crippen molar-refractivity contribution in [1.82, 2.24) is 14.2 Å². The lowest BCUT2D eigenvalue weighted by atomic mass is 10.3. The average molecular weight is 248 g/mol. The Morgan fingerprint density at radius 2 is 2.47 bits per heavy atom. The molecule has 0 aliphatic rings. The smallest absolute Gasteiger partial charge is 0.157 e. The lowest BCUT2D eigenvalue weighted by Gasteiger charge is -2.03. The SMILES string of the molecule is N#Cc1c(N)nsc1NCCCn1cccn1. The van der Waals surface area contributed by atoms with E-state index in [2.05, 4.69) is 14.8 Å². The molecule has 0 bridgehead atoms. The molecular formula is C10H12N6S. The van der Waals surface area contributed by atoms with Gasteiger partial charge in [-0.3, -0.25) is 4.68 Å². The molecular weight excluding hydrogens is 236 g/mol. The van der Waals surface area contributed by atoms with Crippen molar-refractivity contribution >= 4 is 22.4 Å². The quantitative estimate of drug-likeness (QED) is 0.778. The second-order valence-corrected chi connectivity index (χ2v) is 4.21. The van der Waals surface area contributed by atoms with Gasteiger partial charge in [0, 0.05) is 25.5 Å². The number of nitrogens with one attached hydrogen (secondary N) is 1. The molecule has 0 spiro atoms. The molecule has 0 aliphatic carbocycles. The van der Waals surface area contributed by atoms with Crippen LogP contribution in [0.2, 0.25) is 0 Å². The molecule has 3 N–H and O–H groups in total. The van der Waals surface area contributed by atoms with E-state index in [-0.39, 0.29) is 0 Å². The fourth-order valence-corrected chi connectivity index (χ4v) is 2.10. The Hall–Kier alpha value is -2.07. The van der Waals surface area contributed by atoms with Gasteiger partial charge in [-0.1, -0.05) is 0 Å². The number of nitrogens with zero attached hydrogens (tertiary/aromatic N) is 4. The monoisotopic (exact) mass is 248 g/mol. The van der Waals surface area contributed by atoms with Crippen LogP contribution >= 0.6 is 11.5 Å². The number of nitrogen functional groups attached to an aromatic ring is 1. The lowest BCUT2D eigenvalue weighted by molar-refractivity contribution is 0.592. The Kier molecular flexibility index (Phi) is 3.57. The Labute approximate surface area is 103 Å². The summed E-state index contributed by atoms with van der Waals surface area (Å²) in [5.41, 5.74) is 5.99. The van der Waals surface area contributed by atoms with Gasteiger partial charge in [0.05, 0.1) is 0 Å². The fraction of sp³-hybridized carbons (Fsp3) is 0.300. The molecule has 2 aromatic heterocycles. The Morgan fingerprint density at radius 3 is 3.18 bits per heavy atom. The van der Waals surface area contributed by atoms with E-state index in [1.54, 1.807) is 6.20 Å². The first-order chi connectivity index (χ1) is 8.31. The Bertz CT molecular complexity index is 509. The zero-order valence-corrected chi connectivity index (χ0v) is 9.94. The maximum atomic E-state index is 8.88. The van der Waals surface area contributed by atoms with E-state index in [0.29, 0.717) is 11.4 Å². The maximum Gasteiger partial charge on any atom is 0.157 e. The van der Waals surface area contributed by atoms with E-state index in [1.807, 2.05) is 23.0 Å². The number of hydrogen-bond acceptors (Lipinski definition) is 6. The number of aryl methyl sites for hydroxylation is 1. The van der Waals surface area contributed by atoms with Gasteiger partial charge in [0.1, 0.15) is 16.6 Å². The summed E-state index contributed by atoms with van der Waals surface area (Å²) in [6.07, 6.45) is 4.60. The van der Waals surface area contributed by atoms with Crippen molar-refractivity contribution < 1.29 is 0 Å². The summed E-state index contributed by atoms with van der Waals surface area (Å²) in [5.74, 6) is 0.298. The first-order valence-electron chi connectivity index (χ1n) is 5.18. The molecule has 2 heterocycles. The second kappa shape index (κ2) is 5.32. The van der Waals surface area contributed by atoms with Crippen LogP contribution in [0.15, 0.2) is 18.5 Å². The molecule has 88 valence electrons. The Morgan fingerprint density at radius 1 is 1.59 bits per heavy atom. The van der Waals surface area contributed by atoms with Gasteiger partial charge in [-0.15, -0.1) is 0 Å². The van der Waals surface area contributed by atoms with Crippen LogP contribution in [0.5, 0.6) is 0 Å². The summed E-state index contributed by atoms with van der Waals surface area (Å²) in [6.45, 7) is 1.60.